The van der Waals surface area contributed by atoms with Gasteiger partial charge in [0.15, 0.2) is 0 Å². The maximum absolute atomic E-state index is 11.5. The second-order valence-electron chi connectivity index (χ2n) is 5.59. The van der Waals surface area contributed by atoms with Crippen molar-refractivity contribution in [3.63, 3.8) is 0 Å². The van der Waals surface area contributed by atoms with E-state index >= 15 is 0 Å². The van der Waals surface area contributed by atoms with Crippen LogP contribution in [0.4, 0.5) is 16.2 Å². The summed E-state index contributed by atoms with van der Waals surface area (Å²) in [6.07, 6.45) is 0. The fraction of sp³-hybridized carbons (Fsp3) is 0.500. The van der Waals surface area contributed by atoms with Crippen LogP contribution in [0, 0.1) is 5.41 Å². The highest BCUT2D eigenvalue weighted by Gasteiger charge is 2.32. The van der Waals surface area contributed by atoms with Crippen molar-refractivity contribution in [2.45, 2.75) is 6.92 Å². The number of urea groups is 1. The van der Waals surface area contributed by atoms with Gasteiger partial charge in [0.1, 0.15) is 0 Å². The van der Waals surface area contributed by atoms with E-state index in [9.17, 15) is 4.79 Å². The van der Waals surface area contributed by atoms with Gasteiger partial charge >= 0.3 is 6.03 Å². The minimum Gasteiger partial charge on any atom is -0.384 e. The van der Waals surface area contributed by atoms with Crippen molar-refractivity contribution in [1.82, 2.24) is 5.32 Å². The molecule has 2 aliphatic heterocycles. The lowest BCUT2D eigenvalue weighted by atomic mass is 9.89. The molecule has 2 aliphatic rings. The summed E-state index contributed by atoms with van der Waals surface area (Å²) in [6, 6.07) is 7.98. The van der Waals surface area contributed by atoms with Crippen LogP contribution in [0.3, 0.4) is 0 Å². The lowest BCUT2D eigenvalue weighted by Crippen LogP contribution is -2.45. The fourth-order valence-corrected chi connectivity index (χ4v) is 2.35. The van der Waals surface area contributed by atoms with Gasteiger partial charge in [0.25, 0.3) is 0 Å². The third-order valence-corrected chi connectivity index (χ3v) is 3.66. The number of anilines is 2. The van der Waals surface area contributed by atoms with E-state index in [4.69, 9.17) is 4.74 Å². The predicted molar refractivity (Wildman–Crippen MR) is 74.6 cm³/mol. The lowest BCUT2D eigenvalue weighted by Gasteiger charge is -2.38. The third kappa shape index (κ3) is 2.51. The first-order valence-electron chi connectivity index (χ1n) is 6.63. The molecule has 2 N–H and O–H groups in total. The smallest absolute Gasteiger partial charge is 0.321 e. The summed E-state index contributed by atoms with van der Waals surface area (Å²) in [7, 11) is 0. The molecular formula is C14H19N3O2. The largest absolute Gasteiger partial charge is 0.384 e. The molecule has 0 aromatic heterocycles. The SMILES string of the molecule is CC1(CNc2ccc(N3CCNC3=O)cc2)COC1. The molecule has 0 saturated carbocycles. The average molecular weight is 261 g/mol. The maximum Gasteiger partial charge on any atom is 0.321 e. The standard InChI is InChI=1S/C14H19N3O2/c1-14(9-19-10-14)8-16-11-2-4-12(5-3-11)17-7-6-15-13(17)18/h2-5,16H,6-10H2,1H3,(H,15,18). The van der Waals surface area contributed by atoms with Crippen molar-refractivity contribution in [3.05, 3.63) is 24.3 Å². The third-order valence-electron chi connectivity index (χ3n) is 3.66. The zero-order valence-corrected chi connectivity index (χ0v) is 11.1. The molecule has 0 bridgehead atoms. The minimum atomic E-state index is -0.0140. The summed E-state index contributed by atoms with van der Waals surface area (Å²) >= 11 is 0. The van der Waals surface area contributed by atoms with Crippen LogP contribution in [0.2, 0.25) is 0 Å². The Morgan fingerprint density at radius 1 is 1.37 bits per heavy atom. The molecule has 0 spiro atoms. The van der Waals surface area contributed by atoms with Gasteiger partial charge in [-0.25, -0.2) is 4.79 Å². The molecule has 102 valence electrons. The maximum atomic E-state index is 11.5. The number of hydrogen-bond acceptors (Lipinski definition) is 3. The van der Waals surface area contributed by atoms with E-state index in [0.717, 1.165) is 44.2 Å². The average Bonchev–Trinajstić information content (AvgIpc) is 2.81. The first-order chi connectivity index (χ1) is 9.16. The number of nitrogens with one attached hydrogen (secondary N) is 2. The molecule has 0 aliphatic carbocycles. The van der Waals surface area contributed by atoms with Gasteiger partial charge in [-0.1, -0.05) is 6.92 Å². The zero-order valence-electron chi connectivity index (χ0n) is 11.1. The highest BCUT2D eigenvalue weighted by Crippen LogP contribution is 2.27. The summed E-state index contributed by atoms with van der Waals surface area (Å²) in [5, 5.41) is 6.22. The lowest BCUT2D eigenvalue weighted by molar-refractivity contribution is -0.0924. The van der Waals surface area contributed by atoms with Gasteiger partial charge in [-0.05, 0) is 24.3 Å². The quantitative estimate of drug-likeness (QED) is 0.866. The number of benzene rings is 1. The summed E-state index contributed by atoms with van der Waals surface area (Å²) in [6.45, 7) is 6.24. The number of nitrogens with zero attached hydrogens (tertiary/aromatic N) is 1. The molecular weight excluding hydrogens is 242 g/mol. The van der Waals surface area contributed by atoms with E-state index in [0.29, 0.717) is 0 Å². The van der Waals surface area contributed by atoms with Crippen molar-refractivity contribution in [2.24, 2.45) is 5.41 Å². The Morgan fingerprint density at radius 3 is 2.63 bits per heavy atom. The van der Waals surface area contributed by atoms with Crippen molar-refractivity contribution >= 4 is 17.4 Å². The van der Waals surface area contributed by atoms with E-state index < -0.39 is 0 Å². The molecule has 2 fully saturated rings. The van der Waals surface area contributed by atoms with Crippen LogP contribution in [-0.4, -0.2) is 38.9 Å². The Bertz CT molecular complexity index is 468. The van der Waals surface area contributed by atoms with Gasteiger partial charge in [0.05, 0.1) is 13.2 Å². The molecule has 0 atom stereocenters. The fourth-order valence-electron chi connectivity index (χ4n) is 2.35. The van der Waals surface area contributed by atoms with Crippen LogP contribution in [0.15, 0.2) is 24.3 Å². The van der Waals surface area contributed by atoms with E-state index in [1.807, 2.05) is 24.3 Å². The second kappa shape index (κ2) is 4.74. The van der Waals surface area contributed by atoms with Gasteiger partial charge in [-0.15, -0.1) is 0 Å². The first kappa shape index (κ1) is 12.3. The Morgan fingerprint density at radius 2 is 2.11 bits per heavy atom. The topological polar surface area (TPSA) is 53.6 Å². The number of amides is 2. The summed E-state index contributed by atoms with van der Waals surface area (Å²) in [5.74, 6) is 0. The van der Waals surface area contributed by atoms with Crippen molar-refractivity contribution in [1.29, 1.82) is 0 Å². The van der Waals surface area contributed by atoms with Crippen LogP contribution in [0.1, 0.15) is 6.92 Å². The van der Waals surface area contributed by atoms with Crippen LogP contribution in [0.5, 0.6) is 0 Å². The summed E-state index contributed by atoms with van der Waals surface area (Å²) in [4.78, 5) is 13.3. The number of hydrogen-bond donors (Lipinski definition) is 2. The molecule has 1 aromatic carbocycles. The predicted octanol–water partition coefficient (Wildman–Crippen LogP) is 1.66. The monoisotopic (exact) mass is 261 g/mol. The molecule has 5 nitrogen and oxygen atoms in total. The van der Waals surface area contributed by atoms with Crippen LogP contribution in [0.25, 0.3) is 0 Å². The van der Waals surface area contributed by atoms with Gasteiger partial charge in [0, 0.05) is 36.4 Å². The van der Waals surface area contributed by atoms with Gasteiger partial charge in [-0.3, -0.25) is 4.90 Å². The Kier molecular flexibility index (Phi) is 3.06. The highest BCUT2D eigenvalue weighted by atomic mass is 16.5. The molecule has 1 aromatic rings. The highest BCUT2D eigenvalue weighted by molar-refractivity contribution is 5.94. The van der Waals surface area contributed by atoms with Crippen molar-refractivity contribution in [3.8, 4) is 0 Å². The molecule has 2 amide bonds. The number of rotatable bonds is 4. The summed E-state index contributed by atoms with van der Waals surface area (Å²) in [5.41, 5.74) is 2.28. The van der Waals surface area contributed by atoms with E-state index in [1.165, 1.54) is 0 Å². The van der Waals surface area contributed by atoms with Crippen molar-refractivity contribution in [2.75, 3.05) is 43.1 Å². The van der Waals surface area contributed by atoms with E-state index in [2.05, 4.69) is 17.6 Å². The van der Waals surface area contributed by atoms with Crippen LogP contribution < -0.4 is 15.5 Å². The number of ether oxygens (including phenoxy) is 1. The summed E-state index contributed by atoms with van der Waals surface area (Å²) < 4.78 is 5.23. The van der Waals surface area contributed by atoms with Gasteiger partial charge < -0.3 is 15.4 Å². The van der Waals surface area contributed by atoms with Crippen LogP contribution in [-0.2, 0) is 4.74 Å². The number of carbonyl (C=O) groups is 1. The first-order valence-corrected chi connectivity index (χ1v) is 6.63. The number of carbonyl (C=O) groups excluding carboxylic acids is 1. The normalized spacial score (nSPS) is 20.9. The molecule has 19 heavy (non-hydrogen) atoms. The molecule has 5 heteroatoms. The molecule has 3 rings (SSSR count). The van der Waals surface area contributed by atoms with Crippen LogP contribution >= 0.6 is 0 Å². The molecule has 2 saturated heterocycles. The van der Waals surface area contributed by atoms with E-state index in [1.54, 1.807) is 4.90 Å². The van der Waals surface area contributed by atoms with E-state index in [-0.39, 0.29) is 11.4 Å². The Balaban J connectivity index is 1.60. The molecule has 2 heterocycles. The van der Waals surface area contributed by atoms with Crippen molar-refractivity contribution < 1.29 is 9.53 Å². The van der Waals surface area contributed by atoms with Gasteiger partial charge in [-0.2, -0.15) is 0 Å². The molecule has 0 radical (unpaired) electrons. The Hall–Kier alpha value is -1.75. The second-order valence-corrected chi connectivity index (χ2v) is 5.59. The zero-order chi connectivity index (χ0) is 13.3. The molecule has 0 unspecified atom stereocenters. The minimum absolute atomic E-state index is 0.0140. The van der Waals surface area contributed by atoms with Gasteiger partial charge in [0.2, 0.25) is 0 Å². The Labute approximate surface area is 112 Å².